The summed E-state index contributed by atoms with van der Waals surface area (Å²) in [5.74, 6) is 2.13. The zero-order valence-corrected chi connectivity index (χ0v) is 11.9. The number of rotatable bonds is 2. The molecule has 0 spiro atoms. The highest BCUT2D eigenvalue weighted by Crippen LogP contribution is 2.31. The second-order valence-corrected chi connectivity index (χ2v) is 6.68. The van der Waals surface area contributed by atoms with Gasteiger partial charge in [-0.2, -0.15) is 16.9 Å². The van der Waals surface area contributed by atoms with Crippen LogP contribution < -0.4 is 11.1 Å². The summed E-state index contributed by atoms with van der Waals surface area (Å²) in [6.07, 6.45) is 3.65. The van der Waals surface area contributed by atoms with Crippen molar-refractivity contribution in [3.05, 3.63) is 17.1 Å². The Hall–Kier alpha value is -1.34. The third kappa shape index (κ3) is 2.52. The summed E-state index contributed by atoms with van der Waals surface area (Å²) in [4.78, 5) is 13.5. The predicted molar refractivity (Wildman–Crippen MR) is 79.6 cm³/mol. The second-order valence-electron chi connectivity index (χ2n) is 4.46. The first-order valence-electron chi connectivity index (χ1n) is 6.14. The molecule has 2 aromatic rings. The highest BCUT2D eigenvalue weighted by Gasteiger charge is 2.21. The van der Waals surface area contributed by atoms with E-state index in [0.29, 0.717) is 15.4 Å². The Labute approximate surface area is 119 Å². The van der Waals surface area contributed by atoms with E-state index in [2.05, 4.69) is 15.5 Å². The van der Waals surface area contributed by atoms with E-state index < -0.39 is 0 Å². The molecule has 0 saturated carbocycles. The second kappa shape index (κ2) is 5.34. The Bertz CT molecular complexity index is 607. The summed E-state index contributed by atoms with van der Waals surface area (Å²) in [5.41, 5.74) is 6.53. The Kier molecular flexibility index (Phi) is 3.56. The standard InChI is InChI=1S/C12H14N4OS2/c13-9-8-1-4-14-16-12(8)19-10(9)11(17)15-7-2-5-18-6-3-7/h1,4,7H,2-3,5-6,13H2,(H,15,17). The maximum absolute atomic E-state index is 12.3. The van der Waals surface area contributed by atoms with Crippen LogP contribution in [0, 0.1) is 0 Å². The number of nitrogens with one attached hydrogen (secondary N) is 1. The van der Waals surface area contributed by atoms with E-state index in [-0.39, 0.29) is 11.9 Å². The van der Waals surface area contributed by atoms with Gasteiger partial charge in [0.2, 0.25) is 0 Å². The van der Waals surface area contributed by atoms with Crippen LogP contribution in [0.25, 0.3) is 10.2 Å². The van der Waals surface area contributed by atoms with Crippen LogP contribution in [0.5, 0.6) is 0 Å². The predicted octanol–water partition coefficient (Wildman–Crippen LogP) is 1.90. The van der Waals surface area contributed by atoms with Crippen LogP contribution in [0.15, 0.2) is 12.3 Å². The van der Waals surface area contributed by atoms with Gasteiger partial charge in [-0.3, -0.25) is 4.79 Å². The number of carbonyl (C=O) groups is 1. The number of aromatic nitrogens is 2. The lowest BCUT2D eigenvalue weighted by Crippen LogP contribution is -2.37. The minimum absolute atomic E-state index is 0.0857. The molecule has 100 valence electrons. The lowest BCUT2D eigenvalue weighted by atomic mass is 10.1. The van der Waals surface area contributed by atoms with Crippen molar-refractivity contribution < 1.29 is 4.79 Å². The van der Waals surface area contributed by atoms with Crippen LogP contribution in [-0.2, 0) is 0 Å². The minimum atomic E-state index is -0.0857. The lowest BCUT2D eigenvalue weighted by molar-refractivity contribution is 0.0940. The maximum Gasteiger partial charge on any atom is 0.263 e. The van der Waals surface area contributed by atoms with Crippen molar-refractivity contribution >= 4 is 44.9 Å². The topological polar surface area (TPSA) is 80.9 Å². The number of hydrogen-bond donors (Lipinski definition) is 2. The molecule has 1 fully saturated rings. The molecule has 3 heterocycles. The van der Waals surface area contributed by atoms with E-state index in [1.54, 1.807) is 12.3 Å². The molecule has 19 heavy (non-hydrogen) atoms. The van der Waals surface area contributed by atoms with Gasteiger partial charge in [0.15, 0.2) is 0 Å². The number of nitrogens with two attached hydrogens (primary N) is 1. The highest BCUT2D eigenvalue weighted by molar-refractivity contribution is 7.99. The van der Waals surface area contributed by atoms with Crippen molar-refractivity contribution in [3.63, 3.8) is 0 Å². The van der Waals surface area contributed by atoms with Gasteiger partial charge in [-0.1, -0.05) is 0 Å². The number of thioether (sulfide) groups is 1. The van der Waals surface area contributed by atoms with Gasteiger partial charge in [-0.05, 0) is 30.4 Å². The fourth-order valence-corrected chi connectivity index (χ4v) is 4.18. The fraction of sp³-hybridized carbons (Fsp3) is 0.417. The molecule has 0 aromatic carbocycles. The molecular formula is C12H14N4OS2. The third-order valence-corrected chi connectivity index (χ3v) is 5.34. The summed E-state index contributed by atoms with van der Waals surface area (Å²) >= 11 is 3.24. The number of nitrogens with zero attached hydrogens (tertiary/aromatic N) is 2. The maximum atomic E-state index is 12.3. The molecule has 5 nitrogen and oxygen atoms in total. The summed E-state index contributed by atoms with van der Waals surface area (Å²) in [6.45, 7) is 0. The minimum Gasteiger partial charge on any atom is -0.397 e. The van der Waals surface area contributed by atoms with E-state index in [1.165, 1.54) is 11.3 Å². The first-order chi connectivity index (χ1) is 9.25. The number of carbonyl (C=O) groups excluding carboxylic acids is 1. The Balaban J connectivity index is 1.83. The number of amides is 1. The molecule has 0 unspecified atom stereocenters. The largest absolute Gasteiger partial charge is 0.397 e. The number of nitrogen functional groups attached to an aromatic ring is 1. The van der Waals surface area contributed by atoms with Crippen molar-refractivity contribution in [3.8, 4) is 0 Å². The van der Waals surface area contributed by atoms with E-state index >= 15 is 0 Å². The molecular weight excluding hydrogens is 280 g/mol. The molecule has 0 aliphatic carbocycles. The first-order valence-corrected chi connectivity index (χ1v) is 8.11. The third-order valence-electron chi connectivity index (χ3n) is 3.18. The molecule has 2 aromatic heterocycles. The summed E-state index contributed by atoms with van der Waals surface area (Å²) in [5, 5.41) is 11.7. The quantitative estimate of drug-likeness (QED) is 0.884. The van der Waals surface area contributed by atoms with E-state index in [0.717, 1.165) is 29.7 Å². The first kappa shape index (κ1) is 12.7. The normalized spacial score (nSPS) is 16.6. The molecule has 1 aliphatic heterocycles. The smallest absolute Gasteiger partial charge is 0.263 e. The van der Waals surface area contributed by atoms with Gasteiger partial charge in [0, 0.05) is 11.4 Å². The lowest BCUT2D eigenvalue weighted by Gasteiger charge is -2.22. The molecule has 1 amide bonds. The molecule has 7 heteroatoms. The molecule has 1 saturated heterocycles. The number of fused-ring (bicyclic) bond motifs is 1. The summed E-state index contributed by atoms with van der Waals surface area (Å²) in [6, 6.07) is 2.06. The average Bonchev–Trinajstić information content (AvgIpc) is 2.78. The van der Waals surface area contributed by atoms with Crippen LogP contribution in [0.4, 0.5) is 5.69 Å². The molecule has 0 radical (unpaired) electrons. The van der Waals surface area contributed by atoms with Gasteiger partial charge in [-0.15, -0.1) is 16.4 Å². The van der Waals surface area contributed by atoms with Crippen molar-refractivity contribution in [2.24, 2.45) is 0 Å². The van der Waals surface area contributed by atoms with Crippen molar-refractivity contribution in [2.75, 3.05) is 17.2 Å². The Morgan fingerprint density at radius 1 is 1.42 bits per heavy atom. The van der Waals surface area contributed by atoms with Crippen LogP contribution in [0.1, 0.15) is 22.5 Å². The summed E-state index contributed by atoms with van der Waals surface area (Å²) < 4.78 is 0. The van der Waals surface area contributed by atoms with Crippen LogP contribution >= 0.6 is 23.1 Å². The van der Waals surface area contributed by atoms with Gasteiger partial charge in [0.05, 0.1) is 11.9 Å². The number of thiophene rings is 1. The van der Waals surface area contributed by atoms with E-state index in [4.69, 9.17) is 5.73 Å². The number of anilines is 1. The Morgan fingerprint density at radius 3 is 2.95 bits per heavy atom. The van der Waals surface area contributed by atoms with Crippen molar-refractivity contribution in [1.29, 1.82) is 0 Å². The molecule has 0 atom stereocenters. The van der Waals surface area contributed by atoms with Crippen LogP contribution in [-0.4, -0.2) is 33.7 Å². The van der Waals surface area contributed by atoms with Gasteiger partial charge in [0.25, 0.3) is 5.91 Å². The molecule has 3 N–H and O–H groups in total. The number of hydrogen-bond acceptors (Lipinski definition) is 6. The van der Waals surface area contributed by atoms with Crippen LogP contribution in [0.2, 0.25) is 0 Å². The fourth-order valence-electron chi connectivity index (χ4n) is 2.13. The highest BCUT2D eigenvalue weighted by atomic mass is 32.2. The molecule has 0 bridgehead atoms. The van der Waals surface area contributed by atoms with Crippen molar-refractivity contribution in [2.45, 2.75) is 18.9 Å². The zero-order chi connectivity index (χ0) is 13.2. The average molecular weight is 294 g/mol. The summed E-state index contributed by atoms with van der Waals surface area (Å²) in [7, 11) is 0. The zero-order valence-electron chi connectivity index (χ0n) is 10.3. The van der Waals surface area contributed by atoms with Crippen molar-refractivity contribution in [1.82, 2.24) is 15.5 Å². The van der Waals surface area contributed by atoms with Gasteiger partial charge in [0.1, 0.15) is 9.71 Å². The van der Waals surface area contributed by atoms with E-state index in [9.17, 15) is 4.79 Å². The Morgan fingerprint density at radius 2 is 2.21 bits per heavy atom. The molecule has 1 aliphatic rings. The van der Waals surface area contributed by atoms with Gasteiger partial charge in [-0.25, -0.2) is 0 Å². The van der Waals surface area contributed by atoms with Gasteiger partial charge >= 0.3 is 0 Å². The molecule has 3 rings (SSSR count). The SMILES string of the molecule is Nc1c(C(=O)NC2CCSCC2)sc2nnccc12. The monoisotopic (exact) mass is 294 g/mol. The van der Waals surface area contributed by atoms with E-state index in [1.807, 2.05) is 11.8 Å². The van der Waals surface area contributed by atoms with Crippen LogP contribution in [0.3, 0.4) is 0 Å². The van der Waals surface area contributed by atoms with Gasteiger partial charge < -0.3 is 11.1 Å².